The van der Waals surface area contributed by atoms with Gasteiger partial charge < -0.3 is 10.1 Å². The highest BCUT2D eigenvalue weighted by Crippen LogP contribution is 2.24. The Balaban J connectivity index is 1.39. The van der Waals surface area contributed by atoms with E-state index in [9.17, 15) is 9.18 Å². The Hall–Kier alpha value is -2.97. The van der Waals surface area contributed by atoms with E-state index in [4.69, 9.17) is 4.74 Å². The largest absolute Gasteiger partial charge is 0.489 e. The molecule has 2 aromatic heterocycles. The van der Waals surface area contributed by atoms with Gasteiger partial charge in [0.05, 0.1) is 15.9 Å². The number of thiophene rings is 1. The highest BCUT2D eigenvalue weighted by atomic mass is 79.9. The summed E-state index contributed by atoms with van der Waals surface area (Å²) < 4.78 is 22.0. The van der Waals surface area contributed by atoms with Crippen molar-refractivity contribution in [3.8, 4) is 5.75 Å². The van der Waals surface area contributed by atoms with E-state index in [1.807, 2.05) is 37.4 Å². The summed E-state index contributed by atoms with van der Waals surface area (Å²) in [5, 5.41) is 9.08. The van der Waals surface area contributed by atoms with Crippen LogP contribution in [-0.2, 0) is 13.2 Å². The van der Waals surface area contributed by atoms with Gasteiger partial charge in [0.25, 0.3) is 5.91 Å². The first-order valence-electron chi connectivity index (χ1n) is 9.93. The molecule has 8 heteroatoms. The molecule has 0 saturated heterocycles. The maximum absolute atomic E-state index is 13.9. The van der Waals surface area contributed by atoms with Crippen LogP contribution in [0.25, 0.3) is 0 Å². The fraction of sp³-hybridized carbons (Fsp3) is 0.167. The number of ether oxygens (including phenoxy) is 1. The van der Waals surface area contributed by atoms with Gasteiger partial charge in [0.1, 0.15) is 18.2 Å². The van der Waals surface area contributed by atoms with Gasteiger partial charge in [0.2, 0.25) is 0 Å². The fourth-order valence-corrected chi connectivity index (χ4v) is 4.49. The molecular formula is C24H21BrFN3O2S. The molecule has 2 aromatic carbocycles. The lowest BCUT2D eigenvalue weighted by Crippen LogP contribution is -2.12. The number of halogens is 2. The molecule has 164 valence electrons. The lowest BCUT2D eigenvalue weighted by Gasteiger charge is -2.07. The summed E-state index contributed by atoms with van der Waals surface area (Å²) in [6, 6.07) is 14.4. The molecule has 2 heterocycles. The lowest BCUT2D eigenvalue weighted by atomic mass is 10.1. The minimum Gasteiger partial charge on any atom is -0.489 e. The zero-order valence-electron chi connectivity index (χ0n) is 17.6. The van der Waals surface area contributed by atoms with Crippen molar-refractivity contribution in [3.05, 3.63) is 97.5 Å². The van der Waals surface area contributed by atoms with Gasteiger partial charge >= 0.3 is 0 Å². The number of hydrogen-bond acceptors (Lipinski definition) is 4. The van der Waals surface area contributed by atoms with Crippen LogP contribution < -0.4 is 10.1 Å². The Labute approximate surface area is 198 Å². The van der Waals surface area contributed by atoms with Gasteiger partial charge in [-0.15, -0.1) is 11.3 Å². The molecule has 0 radical (unpaired) electrons. The Morgan fingerprint density at radius 1 is 1.19 bits per heavy atom. The standard InChI is InChI=1S/C24H21BrFN3O2S/c1-15-7-16(2)9-19(8-15)31-13-17-10-22(32-14-17)24(30)27-23-20(25)12-29(28-23)11-18-5-3-4-6-21(18)26/h3-10,12,14H,11,13H2,1-2H3,(H,27,28,30). The van der Waals surface area contributed by atoms with Crippen LogP contribution in [0.1, 0.15) is 31.9 Å². The van der Waals surface area contributed by atoms with Crippen LogP contribution in [-0.4, -0.2) is 15.7 Å². The molecule has 32 heavy (non-hydrogen) atoms. The summed E-state index contributed by atoms with van der Waals surface area (Å²) in [6.07, 6.45) is 1.71. The maximum atomic E-state index is 13.9. The second-order valence-corrected chi connectivity index (χ2v) is 9.27. The first-order chi connectivity index (χ1) is 15.4. The molecule has 0 atom stereocenters. The van der Waals surface area contributed by atoms with Crippen molar-refractivity contribution in [2.24, 2.45) is 0 Å². The Bertz CT molecular complexity index is 1250. The van der Waals surface area contributed by atoms with E-state index in [0.717, 1.165) is 22.4 Å². The molecule has 0 spiro atoms. The lowest BCUT2D eigenvalue weighted by molar-refractivity contribution is 0.103. The smallest absolute Gasteiger partial charge is 0.266 e. The number of nitrogens with one attached hydrogen (secondary N) is 1. The van der Waals surface area contributed by atoms with Gasteiger partial charge in [-0.3, -0.25) is 9.48 Å². The number of aromatic nitrogens is 2. The van der Waals surface area contributed by atoms with E-state index < -0.39 is 0 Å². The molecule has 4 aromatic rings. The van der Waals surface area contributed by atoms with Gasteiger partial charge in [0, 0.05) is 17.3 Å². The first-order valence-corrected chi connectivity index (χ1v) is 11.6. The Kier molecular flexibility index (Phi) is 6.72. The molecule has 0 aliphatic rings. The minimum absolute atomic E-state index is 0.260. The van der Waals surface area contributed by atoms with Gasteiger partial charge in [-0.05, 0) is 70.5 Å². The van der Waals surface area contributed by atoms with Crippen LogP contribution >= 0.6 is 27.3 Å². The van der Waals surface area contributed by atoms with Crippen molar-refractivity contribution in [3.63, 3.8) is 0 Å². The number of hydrogen-bond donors (Lipinski definition) is 1. The zero-order chi connectivity index (χ0) is 22.7. The van der Waals surface area contributed by atoms with Crippen LogP contribution in [0.5, 0.6) is 5.75 Å². The number of amides is 1. The summed E-state index contributed by atoms with van der Waals surface area (Å²) in [6.45, 7) is 4.71. The number of aryl methyl sites for hydroxylation is 2. The summed E-state index contributed by atoms with van der Waals surface area (Å²) in [5.41, 5.74) is 3.73. The third-order valence-electron chi connectivity index (χ3n) is 4.72. The predicted octanol–water partition coefficient (Wildman–Crippen LogP) is 6.34. The molecule has 0 unspecified atom stereocenters. The molecule has 5 nitrogen and oxygen atoms in total. The van der Waals surface area contributed by atoms with Gasteiger partial charge in [-0.1, -0.05) is 24.3 Å². The van der Waals surface area contributed by atoms with E-state index in [1.54, 1.807) is 29.1 Å². The summed E-state index contributed by atoms with van der Waals surface area (Å²) in [4.78, 5) is 13.2. The van der Waals surface area contributed by atoms with Crippen molar-refractivity contribution >= 4 is 39.0 Å². The molecule has 0 saturated carbocycles. The highest BCUT2D eigenvalue weighted by Gasteiger charge is 2.15. The normalized spacial score (nSPS) is 10.9. The van der Waals surface area contributed by atoms with E-state index >= 15 is 0 Å². The Morgan fingerprint density at radius 2 is 1.94 bits per heavy atom. The molecule has 0 aliphatic heterocycles. The van der Waals surface area contributed by atoms with Crippen LogP contribution in [0.3, 0.4) is 0 Å². The quantitative estimate of drug-likeness (QED) is 0.313. The zero-order valence-corrected chi connectivity index (χ0v) is 20.0. The first kappa shape index (κ1) is 22.2. The van der Waals surface area contributed by atoms with Crippen LogP contribution in [0.4, 0.5) is 10.2 Å². The summed E-state index contributed by atoms with van der Waals surface area (Å²) in [7, 11) is 0. The molecule has 0 fully saturated rings. The molecule has 0 bridgehead atoms. The monoisotopic (exact) mass is 513 g/mol. The van der Waals surface area contributed by atoms with Gasteiger partial charge in [0.15, 0.2) is 5.82 Å². The number of carbonyl (C=O) groups excluding carboxylic acids is 1. The van der Waals surface area contributed by atoms with Crippen molar-refractivity contribution in [1.82, 2.24) is 9.78 Å². The van der Waals surface area contributed by atoms with Crippen LogP contribution in [0.2, 0.25) is 0 Å². The summed E-state index contributed by atoms with van der Waals surface area (Å²) >= 11 is 4.75. The van der Waals surface area contributed by atoms with E-state index in [2.05, 4.69) is 32.4 Å². The van der Waals surface area contributed by atoms with Gasteiger partial charge in [-0.25, -0.2) is 4.39 Å². The van der Waals surface area contributed by atoms with Crippen molar-refractivity contribution in [2.75, 3.05) is 5.32 Å². The third kappa shape index (κ3) is 5.44. The number of nitrogens with zero attached hydrogens (tertiary/aromatic N) is 2. The van der Waals surface area contributed by atoms with Gasteiger partial charge in [-0.2, -0.15) is 5.10 Å². The van der Waals surface area contributed by atoms with E-state index in [-0.39, 0.29) is 18.3 Å². The third-order valence-corrected chi connectivity index (χ3v) is 6.28. The van der Waals surface area contributed by atoms with Crippen LogP contribution in [0, 0.1) is 19.7 Å². The molecule has 1 amide bonds. The van der Waals surface area contributed by atoms with Crippen LogP contribution in [0.15, 0.2) is 64.6 Å². The molecule has 0 aliphatic carbocycles. The second kappa shape index (κ2) is 9.67. The highest BCUT2D eigenvalue weighted by molar-refractivity contribution is 9.10. The van der Waals surface area contributed by atoms with Crippen molar-refractivity contribution in [1.29, 1.82) is 0 Å². The number of anilines is 1. The number of rotatable bonds is 7. The summed E-state index contributed by atoms with van der Waals surface area (Å²) in [5.74, 6) is 0.639. The SMILES string of the molecule is Cc1cc(C)cc(OCc2csc(C(=O)Nc3nn(Cc4ccccc4F)cc3Br)c2)c1. The topological polar surface area (TPSA) is 56.1 Å². The maximum Gasteiger partial charge on any atom is 0.266 e. The van der Waals surface area contributed by atoms with E-state index in [1.165, 1.54) is 17.4 Å². The fourth-order valence-electron chi connectivity index (χ4n) is 3.29. The molecule has 1 N–H and O–H groups in total. The van der Waals surface area contributed by atoms with E-state index in [0.29, 0.717) is 27.3 Å². The second-order valence-electron chi connectivity index (χ2n) is 7.50. The Morgan fingerprint density at radius 3 is 2.69 bits per heavy atom. The van der Waals surface area contributed by atoms with Crippen molar-refractivity contribution in [2.45, 2.75) is 27.0 Å². The average Bonchev–Trinajstić information content (AvgIpc) is 3.34. The molecular weight excluding hydrogens is 493 g/mol. The number of benzene rings is 2. The molecule has 4 rings (SSSR count). The predicted molar refractivity (Wildman–Crippen MR) is 128 cm³/mol. The average molecular weight is 514 g/mol. The van der Waals surface area contributed by atoms with Crippen molar-refractivity contribution < 1.29 is 13.9 Å². The number of carbonyl (C=O) groups is 1. The minimum atomic E-state index is -0.293.